The molecule has 84 valence electrons. The Morgan fingerprint density at radius 2 is 1.71 bits per heavy atom. The number of rotatable bonds is 6. The van der Waals surface area contributed by atoms with Gasteiger partial charge >= 0.3 is 6.16 Å². The molecule has 14 heavy (non-hydrogen) atoms. The lowest BCUT2D eigenvalue weighted by molar-refractivity contribution is 0.0398. The molecule has 0 radical (unpaired) electrons. The van der Waals surface area contributed by atoms with Crippen molar-refractivity contribution < 1.29 is 27.4 Å². The minimum absolute atomic E-state index is 0.0915. The van der Waals surface area contributed by atoms with Crippen molar-refractivity contribution >= 4 is 16.0 Å². The van der Waals surface area contributed by atoms with Crippen molar-refractivity contribution in [2.75, 3.05) is 38.9 Å². The first-order valence-corrected chi connectivity index (χ1v) is 5.98. The van der Waals surface area contributed by atoms with Gasteiger partial charge in [-0.05, 0) is 0 Å². The fourth-order valence-electron chi connectivity index (χ4n) is 0.526. The average molecular weight is 226 g/mol. The van der Waals surface area contributed by atoms with Crippen LogP contribution in [-0.4, -0.2) is 53.5 Å². The number of methoxy groups -OCH3 is 1. The normalized spacial score (nSPS) is 11.0. The first-order valence-electron chi connectivity index (χ1n) is 3.92. The Morgan fingerprint density at radius 3 is 2.21 bits per heavy atom. The summed E-state index contributed by atoms with van der Waals surface area (Å²) in [6.45, 7) is 0.181. The molecule has 0 aliphatic carbocycles. The van der Waals surface area contributed by atoms with Gasteiger partial charge in [0, 0.05) is 13.4 Å². The minimum atomic E-state index is -3.10. The van der Waals surface area contributed by atoms with E-state index < -0.39 is 16.0 Å². The highest BCUT2D eigenvalue weighted by Gasteiger charge is 2.06. The molecule has 0 aliphatic heterocycles. The SMILES string of the molecule is COCCOC(=O)OCCS(C)(=O)=O. The van der Waals surface area contributed by atoms with Crippen molar-refractivity contribution in [3.8, 4) is 0 Å². The van der Waals surface area contributed by atoms with Gasteiger partial charge in [-0.1, -0.05) is 0 Å². The van der Waals surface area contributed by atoms with Crippen LogP contribution in [-0.2, 0) is 24.0 Å². The number of hydrogen-bond donors (Lipinski definition) is 0. The minimum Gasteiger partial charge on any atom is -0.433 e. The van der Waals surface area contributed by atoms with Crippen molar-refractivity contribution in [2.45, 2.75) is 0 Å². The fourth-order valence-corrected chi connectivity index (χ4v) is 0.912. The number of carbonyl (C=O) groups is 1. The van der Waals surface area contributed by atoms with Crippen LogP contribution in [0.1, 0.15) is 0 Å². The molecule has 0 spiro atoms. The summed E-state index contributed by atoms with van der Waals surface area (Å²) in [6.07, 6.45) is 0.179. The molecule has 0 bridgehead atoms. The molecular formula is C7H14O6S. The van der Waals surface area contributed by atoms with E-state index in [0.29, 0.717) is 0 Å². The van der Waals surface area contributed by atoms with E-state index >= 15 is 0 Å². The second-order valence-corrected chi connectivity index (χ2v) is 4.83. The molecular weight excluding hydrogens is 212 g/mol. The smallest absolute Gasteiger partial charge is 0.433 e. The summed E-state index contributed by atoms with van der Waals surface area (Å²) in [6, 6.07) is 0. The molecule has 0 aromatic rings. The van der Waals surface area contributed by atoms with Crippen LogP contribution >= 0.6 is 0 Å². The van der Waals surface area contributed by atoms with Gasteiger partial charge in [-0.3, -0.25) is 0 Å². The largest absolute Gasteiger partial charge is 0.508 e. The van der Waals surface area contributed by atoms with Gasteiger partial charge < -0.3 is 14.2 Å². The molecule has 0 fully saturated rings. The number of hydrogen-bond acceptors (Lipinski definition) is 6. The Hall–Kier alpha value is -0.820. The van der Waals surface area contributed by atoms with Crippen LogP contribution in [0.2, 0.25) is 0 Å². The molecule has 0 aromatic heterocycles. The summed E-state index contributed by atoms with van der Waals surface area (Å²) in [5.74, 6) is -0.202. The topological polar surface area (TPSA) is 78.9 Å². The zero-order chi connectivity index (χ0) is 11.0. The van der Waals surface area contributed by atoms with Gasteiger partial charge in [0.25, 0.3) is 0 Å². The maximum Gasteiger partial charge on any atom is 0.508 e. The zero-order valence-corrected chi connectivity index (χ0v) is 9.00. The molecule has 0 N–H and O–H groups in total. The summed E-state index contributed by atoms with van der Waals surface area (Å²) in [4.78, 5) is 10.7. The van der Waals surface area contributed by atoms with Gasteiger partial charge in [0.1, 0.15) is 13.2 Å². The lowest BCUT2D eigenvalue weighted by Crippen LogP contribution is -2.16. The number of carbonyl (C=O) groups excluding carboxylic acids is 1. The molecule has 0 rings (SSSR count). The molecule has 0 aromatic carbocycles. The van der Waals surface area contributed by atoms with E-state index in [2.05, 4.69) is 14.2 Å². The molecule has 0 saturated heterocycles. The molecule has 0 amide bonds. The monoisotopic (exact) mass is 226 g/mol. The third-order valence-electron chi connectivity index (χ3n) is 1.18. The Kier molecular flexibility index (Phi) is 6.22. The predicted molar refractivity (Wildman–Crippen MR) is 48.9 cm³/mol. The van der Waals surface area contributed by atoms with Crippen LogP contribution in [0.15, 0.2) is 0 Å². The second kappa shape index (κ2) is 6.61. The summed E-state index contributed by atoms with van der Waals surface area (Å²) in [5, 5.41) is 0. The summed E-state index contributed by atoms with van der Waals surface area (Å²) < 4.78 is 34.8. The Balaban J connectivity index is 3.45. The molecule has 0 unspecified atom stereocenters. The third-order valence-corrected chi connectivity index (χ3v) is 2.09. The lowest BCUT2D eigenvalue weighted by Gasteiger charge is -2.04. The predicted octanol–water partition coefficient (Wildman–Crippen LogP) is -0.169. The van der Waals surface area contributed by atoms with Gasteiger partial charge in [0.15, 0.2) is 9.84 Å². The van der Waals surface area contributed by atoms with Gasteiger partial charge in [-0.15, -0.1) is 0 Å². The highest BCUT2D eigenvalue weighted by Crippen LogP contribution is 1.88. The van der Waals surface area contributed by atoms with Crippen LogP contribution in [0.25, 0.3) is 0 Å². The molecule has 0 heterocycles. The van der Waals surface area contributed by atoms with Crippen molar-refractivity contribution in [1.29, 1.82) is 0 Å². The maximum absolute atomic E-state index is 10.7. The molecule has 0 saturated carbocycles. The fraction of sp³-hybridized carbons (Fsp3) is 0.857. The quantitative estimate of drug-likeness (QED) is 0.462. The van der Waals surface area contributed by atoms with Crippen LogP contribution in [0, 0.1) is 0 Å². The van der Waals surface area contributed by atoms with Crippen molar-refractivity contribution in [1.82, 2.24) is 0 Å². The lowest BCUT2D eigenvalue weighted by atomic mass is 10.8. The van der Waals surface area contributed by atoms with Gasteiger partial charge in [0.2, 0.25) is 0 Å². The Morgan fingerprint density at radius 1 is 1.14 bits per heavy atom. The number of ether oxygens (including phenoxy) is 3. The zero-order valence-electron chi connectivity index (χ0n) is 8.19. The van der Waals surface area contributed by atoms with E-state index in [-0.39, 0.29) is 25.6 Å². The van der Waals surface area contributed by atoms with Crippen LogP contribution in [0.3, 0.4) is 0 Å². The molecule has 0 atom stereocenters. The van der Waals surface area contributed by atoms with E-state index in [1.54, 1.807) is 0 Å². The third kappa shape index (κ3) is 9.27. The first kappa shape index (κ1) is 13.2. The van der Waals surface area contributed by atoms with Crippen molar-refractivity contribution in [3.63, 3.8) is 0 Å². The standard InChI is InChI=1S/C7H14O6S/c1-11-3-4-12-7(8)13-5-6-14(2,9)10/h3-6H2,1-2H3. The van der Waals surface area contributed by atoms with E-state index in [4.69, 9.17) is 0 Å². The molecule has 0 aliphatic rings. The number of sulfone groups is 1. The molecule has 7 heteroatoms. The van der Waals surface area contributed by atoms with Crippen LogP contribution in [0.5, 0.6) is 0 Å². The van der Waals surface area contributed by atoms with Crippen LogP contribution in [0.4, 0.5) is 4.79 Å². The van der Waals surface area contributed by atoms with Gasteiger partial charge in [-0.25, -0.2) is 13.2 Å². The summed E-state index contributed by atoms with van der Waals surface area (Å²) in [7, 11) is -1.63. The maximum atomic E-state index is 10.7. The average Bonchev–Trinajstić information content (AvgIpc) is 2.02. The Labute approximate surface area is 83.1 Å². The summed E-state index contributed by atoms with van der Waals surface area (Å²) >= 11 is 0. The second-order valence-electron chi connectivity index (χ2n) is 2.57. The van der Waals surface area contributed by atoms with Crippen LogP contribution < -0.4 is 0 Å². The highest BCUT2D eigenvalue weighted by molar-refractivity contribution is 7.90. The van der Waals surface area contributed by atoms with E-state index in [9.17, 15) is 13.2 Å². The van der Waals surface area contributed by atoms with E-state index in [0.717, 1.165) is 6.26 Å². The Bertz CT molecular complexity index is 257. The van der Waals surface area contributed by atoms with Crippen molar-refractivity contribution in [2.24, 2.45) is 0 Å². The summed E-state index contributed by atoms with van der Waals surface area (Å²) in [5.41, 5.74) is 0. The van der Waals surface area contributed by atoms with E-state index in [1.165, 1.54) is 7.11 Å². The first-order chi connectivity index (χ1) is 6.45. The highest BCUT2D eigenvalue weighted by atomic mass is 32.2. The molecule has 6 nitrogen and oxygen atoms in total. The van der Waals surface area contributed by atoms with Gasteiger partial charge in [0.05, 0.1) is 12.4 Å². The van der Waals surface area contributed by atoms with E-state index in [1.807, 2.05) is 0 Å². The van der Waals surface area contributed by atoms with Crippen molar-refractivity contribution in [3.05, 3.63) is 0 Å². The van der Waals surface area contributed by atoms with Gasteiger partial charge in [-0.2, -0.15) is 0 Å².